The minimum Gasteiger partial charge on any atom is -0.399 e. The van der Waals surface area contributed by atoms with Gasteiger partial charge in [0.1, 0.15) is 0 Å². The van der Waals surface area contributed by atoms with Crippen LogP contribution in [0.5, 0.6) is 0 Å². The van der Waals surface area contributed by atoms with E-state index in [1.165, 1.54) is 24.8 Å². The molecule has 0 amide bonds. The Morgan fingerprint density at radius 1 is 1.41 bits per heavy atom. The van der Waals surface area contributed by atoms with Gasteiger partial charge >= 0.3 is 0 Å². The summed E-state index contributed by atoms with van der Waals surface area (Å²) < 4.78 is 5.46. The molecule has 0 bridgehead atoms. The van der Waals surface area contributed by atoms with Gasteiger partial charge in [-0.25, -0.2) is 0 Å². The summed E-state index contributed by atoms with van der Waals surface area (Å²) in [6.07, 6.45) is 5.12. The number of methoxy groups -OCH3 is 1. The monoisotopic (exact) mass is 234 g/mol. The standard InChI is InChI=1S/C14H22N2O/c1-17-14-7-3-6-13(14)16-9-8-11-4-2-5-12(15)10-11/h2,4-5,10,13-14,16H,3,6-9,15H2,1H3. The van der Waals surface area contributed by atoms with Crippen LogP contribution in [-0.4, -0.2) is 25.8 Å². The summed E-state index contributed by atoms with van der Waals surface area (Å²) in [4.78, 5) is 0. The van der Waals surface area contributed by atoms with Crippen molar-refractivity contribution in [1.82, 2.24) is 5.32 Å². The molecule has 0 spiro atoms. The van der Waals surface area contributed by atoms with E-state index in [0.29, 0.717) is 12.1 Å². The molecular weight excluding hydrogens is 212 g/mol. The van der Waals surface area contributed by atoms with Gasteiger partial charge < -0.3 is 15.8 Å². The second-order valence-electron chi connectivity index (χ2n) is 4.76. The second-order valence-corrected chi connectivity index (χ2v) is 4.76. The number of hydrogen-bond donors (Lipinski definition) is 2. The third-order valence-corrected chi connectivity index (χ3v) is 3.53. The minimum atomic E-state index is 0.399. The highest BCUT2D eigenvalue weighted by Crippen LogP contribution is 2.21. The maximum absolute atomic E-state index is 5.76. The fourth-order valence-corrected chi connectivity index (χ4v) is 2.59. The third-order valence-electron chi connectivity index (χ3n) is 3.53. The lowest BCUT2D eigenvalue weighted by molar-refractivity contribution is 0.0854. The van der Waals surface area contributed by atoms with Crippen molar-refractivity contribution in [2.75, 3.05) is 19.4 Å². The first-order valence-electron chi connectivity index (χ1n) is 6.40. The van der Waals surface area contributed by atoms with Gasteiger partial charge in [0.15, 0.2) is 0 Å². The number of benzene rings is 1. The first kappa shape index (κ1) is 12.4. The van der Waals surface area contributed by atoms with Crippen LogP contribution >= 0.6 is 0 Å². The minimum absolute atomic E-state index is 0.399. The van der Waals surface area contributed by atoms with Crippen molar-refractivity contribution in [3.63, 3.8) is 0 Å². The molecule has 1 aromatic carbocycles. The average molecular weight is 234 g/mol. The van der Waals surface area contributed by atoms with Gasteiger partial charge in [0, 0.05) is 18.8 Å². The second kappa shape index (κ2) is 6.03. The number of anilines is 1. The Balaban J connectivity index is 1.76. The first-order chi connectivity index (χ1) is 8.29. The van der Waals surface area contributed by atoms with Gasteiger partial charge in [-0.15, -0.1) is 0 Å². The molecule has 3 nitrogen and oxygen atoms in total. The van der Waals surface area contributed by atoms with Crippen LogP contribution in [0, 0.1) is 0 Å². The fourth-order valence-electron chi connectivity index (χ4n) is 2.59. The van der Waals surface area contributed by atoms with E-state index in [1.54, 1.807) is 0 Å². The van der Waals surface area contributed by atoms with Gasteiger partial charge in [0.05, 0.1) is 6.10 Å². The van der Waals surface area contributed by atoms with E-state index >= 15 is 0 Å². The van der Waals surface area contributed by atoms with E-state index in [1.807, 2.05) is 25.3 Å². The number of nitrogens with one attached hydrogen (secondary N) is 1. The van der Waals surface area contributed by atoms with Crippen molar-refractivity contribution in [2.45, 2.75) is 37.8 Å². The van der Waals surface area contributed by atoms with Crippen LogP contribution in [0.4, 0.5) is 5.69 Å². The molecule has 1 saturated carbocycles. The molecular formula is C14H22N2O. The predicted octanol–water partition coefficient (Wildman–Crippen LogP) is 1.97. The number of hydrogen-bond acceptors (Lipinski definition) is 3. The van der Waals surface area contributed by atoms with Gasteiger partial charge in [-0.05, 0) is 49.9 Å². The Morgan fingerprint density at radius 3 is 3.06 bits per heavy atom. The molecule has 0 aromatic heterocycles. The summed E-state index contributed by atoms with van der Waals surface area (Å²) in [7, 11) is 1.81. The van der Waals surface area contributed by atoms with Crippen LogP contribution in [0.3, 0.4) is 0 Å². The van der Waals surface area contributed by atoms with Crippen LogP contribution in [0.2, 0.25) is 0 Å². The van der Waals surface area contributed by atoms with Crippen LogP contribution in [-0.2, 0) is 11.2 Å². The number of nitrogens with two attached hydrogens (primary N) is 1. The molecule has 3 N–H and O–H groups in total. The first-order valence-corrected chi connectivity index (χ1v) is 6.40. The van der Waals surface area contributed by atoms with Crippen molar-refractivity contribution >= 4 is 5.69 Å². The zero-order chi connectivity index (χ0) is 12.1. The topological polar surface area (TPSA) is 47.3 Å². The molecule has 1 aromatic rings. The molecule has 0 heterocycles. The maximum Gasteiger partial charge on any atom is 0.0724 e. The number of ether oxygens (including phenoxy) is 1. The molecule has 1 aliphatic carbocycles. The summed E-state index contributed by atoms with van der Waals surface area (Å²) in [5.41, 5.74) is 7.90. The average Bonchev–Trinajstić information content (AvgIpc) is 2.77. The van der Waals surface area contributed by atoms with E-state index in [-0.39, 0.29) is 0 Å². The molecule has 2 unspecified atom stereocenters. The molecule has 0 radical (unpaired) electrons. The van der Waals surface area contributed by atoms with Crippen LogP contribution < -0.4 is 11.1 Å². The Hall–Kier alpha value is -1.06. The molecule has 94 valence electrons. The van der Waals surface area contributed by atoms with Crippen molar-refractivity contribution in [2.24, 2.45) is 0 Å². The maximum atomic E-state index is 5.76. The summed E-state index contributed by atoms with van der Waals surface area (Å²) in [5.74, 6) is 0. The van der Waals surface area contributed by atoms with Gasteiger partial charge in [-0.1, -0.05) is 12.1 Å². The Morgan fingerprint density at radius 2 is 2.29 bits per heavy atom. The highest BCUT2D eigenvalue weighted by Gasteiger charge is 2.25. The Labute approximate surface area is 103 Å². The van der Waals surface area contributed by atoms with Crippen molar-refractivity contribution in [3.8, 4) is 0 Å². The Bertz CT molecular complexity index is 354. The van der Waals surface area contributed by atoms with Crippen molar-refractivity contribution in [3.05, 3.63) is 29.8 Å². The quantitative estimate of drug-likeness (QED) is 0.766. The van der Waals surface area contributed by atoms with Crippen molar-refractivity contribution in [1.29, 1.82) is 0 Å². The van der Waals surface area contributed by atoms with E-state index in [2.05, 4.69) is 11.4 Å². The summed E-state index contributed by atoms with van der Waals surface area (Å²) >= 11 is 0. The normalized spacial score (nSPS) is 24.1. The molecule has 1 aliphatic rings. The molecule has 0 aliphatic heterocycles. The fraction of sp³-hybridized carbons (Fsp3) is 0.571. The summed E-state index contributed by atoms with van der Waals surface area (Å²) in [5, 5.41) is 3.58. The lowest BCUT2D eigenvalue weighted by atomic mass is 10.1. The summed E-state index contributed by atoms with van der Waals surface area (Å²) in [6.45, 7) is 0.994. The Kier molecular flexibility index (Phi) is 4.40. The van der Waals surface area contributed by atoms with E-state index in [4.69, 9.17) is 10.5 Å². The highest BCUT2D eigenvalue weighted by molar-refractivity contribution is 5.40. The van der Waals surface area contributed by atoms with E-state index in [0.717, 1.165) is 18.7 Å². The third kappa shape index (κ3) is 3.45. The van der Waals surface area contributed by atoms with Crippen LogP contribution in [0.25, 0.3) is 0 Å². The van der Waals surface area contributed by atoms with Crippen LogP contribution in [0.1, 0.15) is 24.8 Å². The molecule has 2 atom stereocenters. The van der Waals surface area contributed by atoms with Gasteiger partial charge in [0.25, 0.3) is 0 Å². The summed E-state index contributed by atoms with van der Waals surface area (Å²) in [6, 6.07) is 8.64. The lowest BCUT2D eigenvalue weighted by Crippen LogP contribution is -2.37. The highest BCUT2D eigenvalue weighted by atomic mass is 16.5. The SMILES string of the molecule is COC1CCCC1NCCc1cccc(N)c1. The molecule has 3 heteroatoms. The van der Waals surface area contributed by atoms with Crippen molar-refractivity contribution < 1.29 is 4.74 Å². The largest absolute Gasteiger partial charge is 0.399 e. The van der Waals surface area contributed by atoms with Gasteiger partial charge in [0.2, 0.25) is 0 Å². The zero-order valence-electron chi connectivity index (χ0n) is 10.5. The molecule has 1 fully saturated rings. The van der Waals surface area contributed by atoms with E-state index < -0.39 is 0 Å². The molecule has 17 heavy (non-hydrogen) atoms. The number of rotatable bonds is 5. The van der Waals surface area contributed by atoms with Gasteiger partial charge in [-0.3, -0.25) is 0 Å². The molecule has 2 rings (SSSR count). The smallest absolute Gasteiger partial charge is 0.0724 e. The van der Waals surface area contributed by atoms with Crippen LogP contribution in [0.15, 0.2) is 24.3 Å². The predicted molar refractivity (Wildman–Crippen MR) is 71.0 cm³/mol. The van der Waals surface area contributed by atoms with Gasteiger partial charge in [-0.2, -0.15) is 0 Å². The lowest BCUT2D eigenvalue weighted by Gasteiger charge is -2.19. The molecule has 0 saturated heterocycles. The number of nitrogen functional groups attached to an aromatic ring is 1. The zero-order valence-corrected chi connectivity index (χ0v) is 10.5. The van der Waals surface area contributed by atoms with E-state index in [9.17, 15) is 0 Å².